The highest BCUT2D eigenvalue weighted by Crippen LogP contribution is 2.15. The van der Waals surface area contributed by atoms with Crippen molar-refractivity contribution < 1.29 is 14.6 Å². The van der Waals surface area contributed by atoms with Gasteiger partial charge in [-0.3, -0.25) is 4.79 Å². The van der Waals surface area contributed by atoms with Crippen LogP contribution >= 0.6 is 15.9 Å². The molecule has 0 spiro atoms. The summed E-state index contributed by atoms with van der Waals surface area (Å²) >= 11 is 3.43. The molecule has 0 radical (unpaired) electrons. The van der Waals surface area contributed by atoms with Crippen LogP contribution in [0.2, 0.25) is 0 Å². The van der Waals surface area contributed by atoms with Gasteiger partial charge in [0.25, 0.3) is 0 Å². The van der Waals surface area contributed by atoms with Crippen LogP contribution in [-0.2, 0) is 11.3 Å². The fourth-order valence-electron chi connectivity index (χ4n) is 3.35. The molecule has 4 nitrogen and oxygen atoms in total. The molecule has 1 fully saturated rings. The van der Waals surface area contributed by atoms with Gasteiger partial charge in [0.1, 0.15) is 32.7 Å². The Hall–Kier alpha value is -1.69. The summed E-state index contributed by atoms with van der Waals surface area (Å²) in [7, 11) is 0. The first-order chi connectivity index (χ1) is 12.2. The van der Waals surface area contributed by atoms with Crippen LogP contribution in [0.1, 0.15) is 12.0 Å². The monoisotopic (exact) mass is 403 g/mol. The SMILES string of the molecule is O=C(CC[NH+]1CC[NH+](Cc2ccccc2)CC1)Nc1cccc(Br)c1. The third-order valence-corrected chi connectivity index (χ3v) is 5.27. The van der Waals surface area contributed by atoms with Gasteiger partial charge in [0.05, 0.1) is 13.0 Å². The molecule has 0 aromatic heterocycles. The van der Waals surface area contributed by atoms with E-state index in [0.29, 0.717) is 6.42 Å². The fraction of sp³-hybridized carbons (Fsp3) is 0.350. The summed E-state index contributed by atoms with van der Waals surface area (Å²) in [4.78, 5) is 15.3. The van der Waals surface area contributed by atoms with E-state index in [-0.39, 0.29) is 5.91 Å². The van der Waals surface area contributed by atoms with Crippen LogP contribution in [-0.4, -0.2) is 38.6 Å². The van der Waals surface area contributed by atoms with Crippen LogP contribution in [0, 0.1) is 0 Å². The number of piperazine rings is 1. The number of anilines is 1. The summed E-state index contributed by atoms with van der Waals surface area (Å²) in [6, 6.07) is 18.4. The van der Waals surface area contributed by atoms with Gasteiger partial charge in [0.2, 0.25) is 5.91 Å². The number of nitrogens with one attached hydrogen (secondary N) is 3. The average Bonchev–Trinajstić information content (AvgIpc) is 2.62. The van der Waals surface area contributed by atoms with Gasteiger partial charge in [-0.2, -0.15) is 0 Å². The van der Waals surface area contributed by atoms with Crippen molar-refractivity contribution in [2.24, 2.45) is 0 Å². The Morgan fingerprint density at radius 3 is 2.40 bits per heavy atom. The number of carbonyl (C=O) groups excluding carboxylic acids is 1. The zero-order valence-corrected chi connectivity index (χ0v) is 16.0. The number of benzene rings is 2. The van der Waals surface area contributed by atoms with E-state index in [1.165, 1.54) is 18.7 Å². The molecule has 1 amide bonds. The minimum atomic E-state index is 0.102. The van der Waals surface area contributed by atoms with Gasteiger partial charge in [0, 0.05) is 15.7 Å². The molecule has 0 saturated carbocycles. The standard InChI is InChI=1S/C20H24BrN3O/c21-18-7-4-8-19(15-18)22-20(25)9-10-23-11-13-24(14-12-23)16-17-5-2-1-3-6-17/h1-8,15H,9-14,16H2,(H,22,25)/p+2. The molecule has 5 heteroatoms. The van der Waals surface area contributed by atoms with Gasteiger partial charge in [-0.25, -0.2) is 0 Å². The van der Waals surface area contributed by atoms with E-state index in [4.69, 9.17) is 0 Å². The first-order valence-corrected chi connectivity index (χ1v) is 9.75. The molecule has 0 unspecified atom stereocenters. The van der Waals surface area contributed by atoms with Crippen LogP contribution in [0.15, 0.2) is 59.1 Å². The third-order valence-electron chi connectivity index (χ3n) is 4.78. The Morgan fingerprint density at radius 1 is 0.960 bits per heavy atom. The molecule has 1 aliphatic heterocycles. The van der Waals surface area contributed by atoms with Crippen LogP contribution in [0.5, 0.6) is 0 Å². The normalized spacial score (nSPS) is 20.2. The Kier molecular flexibility index (Phi) is 6.62. The molecule has 25 heavy (non-hydrogen) atoms. The smallest absolute Gasteiger partial charge is 0.230 e. The molecule has 3 rings (SSSR count). The van der Waals surface area contributed by atoms with Crippen molar-refractivity contribution in [1.29, 1.82) is 0 Å². The molecular formula is C20H26BrN3O+2. The van der Waals surface area contributed by atoms with Gasteiger partial charge in [-0.1, -0.05) is 52.3 Å². The highest BCUT2D eigenvalue weighted by atomic mass is 79.9. The van der Waals surface area contributed by atoms with Gasteiger partial charge in [-0.05, 0) is 18.2 Å². The zero-order valence-electron chi connectivity index (χ0n) is 14.4. The Bertz CT molecular complexity index is 684. The van der Waals surface area contributed by atoms with Crippen molar-refractivity contribution in [2.45, 2.75) is 13.0 Å². The number of halogens is 1. The number of hydrogen-bond acceptors (Lipinski definition) is 1. The number of hydrogen-bond donors (Lipinski definition) is 3. The maximum Gasteiger partial charge on any atom is 0.230 e. The third kappa shape index (κ3) is 5.96. The maximum absolute atomic E-state index is 12.1. The predicted octanol–water partition coefficient (Wildman–Crippen LogP) is 0.761. The lowest BCUT2D eigenvalue weighted by Gasteiger charge is -2.29. The molecule has 2 aromatic carbocycles. The van der Waals surface area contributed by atoms with Gasteiger partial charge in [0.15, 0.2) is 0 Å². The highest BCUT2D eigenvalue weighted by molar-refractivity contribution is 9.10. The number of amides is 1. The summed E-state index contributed by atoms with van der Waals surface area (Å²) in [6.07, 6.45) is 0.579. The van der Waals surface area contributed by atoms with Gasteiger partial charge < -0.3 is 15.1 Å². The lowest BCUT2D eigenvalue weighted by molar-refractivity contribution is -1.02. The van der Waals surface area contributed by atoms with Gasteiger partial charge in [-0.15, -0.1) is 0 Å². The van der Waals surface area contributed by atoms with Crippen LogP contribution < -0.4 is 15.1 Å². The van der Waals surface area contributed by atoms with Crippen LogP contribution in [0.25, 0.3) is 0 Å². The number of carbonyl (C=O) groups is 1. The second kappa shape index (κ2) is 9.13. The van der Waals surface area contributed by atoms with Gasteiger partial charge >= 0.3 is 0 Å². The summed E-state index contributed by atoms with van der Waals surface area (Å²) in [6.45, 7) is 6.67. The minimum absolute atomic E-state index is 0.102. The van der Waals surface area contributed by atoms with Crippen molar-refractivity contribution in [3.05, 3.63) is 64.6 Å². The van der Waals surface area contributed by atoms with E-state index >= 15 is 0 Å². The van der Waals surface area contributed by atoms with Crippen molar-refractivity contribution in [3.63, 3.8) is 0 Å². The van der Waals surface area contributed by atoms with Crippen LogP contribution in [0.4, 0.5) is 5.69 Å². The number of rotatable bonds is 6. The van der Waals surface area contributed by atoms with E-state index < -0.39 is 0 Å². The first-order valence-electron chi connectivity index (χ1n) is 8.95. The molecule has 0 atom stereocenters. The first kappa shape index (κ1) is 18.1. The van der Waals surface area contributed by atoms with E-state index in [0.717, 1.165) is 36.3 Å². The van der Waals surface area contributed by atoms with E-state index in [2.05, 4.69) is 51.6 Å². The average molecular weight is 404 g/mol. The molecule has 2 aromatic rings. The van der Waals surface area contributed by atoms with E-state index in [9.17, 15) is 4.79 Å². The zero-order chi connectivity index (χ0) is 17.5. The Morgan fingerprint density at radius 2 is 1.68 bits per heavy atom. The lowest BCUT2D eigenvalue weighted by Crippen LogP contribution is -3.27. The summed E-state index contributed by atoms with van der Waals surface area (Å²) in [5, 5.41) is 2.98. The largest absolute Gasteiger partial charge is 0.326 e. The van der Waals surface area contributed by atoms with Crippen molar-refractivity contribution in [2.75, 3.05) is 38.0 Å². The Balaban J connectivity index is 1.37. The summed E-state index contributed by atoms with van der Waals surface area (Å²) < 4.78 is 0.980. The lowest BCUT2D eigenvalue weighted by atomic mass is 10.2. The number of quaternary nitrogens is 2. The second-order valence-electron chi connectivity index (χ2n) is 6.72. The fourth-order valence-corrected chi connectivity index (χ4v) is 3.75. The molecular weight excluding hydrogens is 378 g/mol. The summed E-state index contributed by atoms with van der Waals surface area (Å²) in [5.41, 5.74) is 2.26. The van der Waals surface area contributed by atoms with Crippen molar-refractivity contribution in [3.8, 4) is 0 Å². The maximum atomic E-state index is 12.1. The highest BCUT2D eigenvalue weighted by Gasteiger charge is 2.23. The van der Waals surface area contributed by atoms with E-state index in [1.54, 1.807) is 9.80 Å². The van der Waals surface area contributed by atoms with E-state index in [1.807, 2.05) is 24.3 Å². The van der Waals surface area contributed by atoms with Crippen molar-refractivity contribution >= 4 is 27.5 Å². The topological polar surface area (TPSA) is 38.0 Å². The molecule has 0 bridgehead atoms. The van der Waals surface area contributed by atoms with Crippen molar-refractivity contribution in [1.82, 2.24) is 0 Å². The van der Waals surface area contributed by atoms with Crippen LogP contribution in [0.3, 0.4) is 0 Å². The molecule has 3 N–H and O–H groups in total. The molecule has 132 valence electrons. The molecule has 1 heterocycles. The molecule has 1 saturated heterocycles. The second-order valence-corrected chi connectivity index (χ2v) is 7.64. The minimum Gasteiger partial charge on any atom is -0.326 e. The Labute approximate surface area is 158 Å². The summed E-state index contributed by atoms with van der Waals surface area (Å²) in [5.74, 6) is 0.102. The predicted molar refractivity (Wildman–Crippen MR) is 104 cm³/mol. The quantitative estimate of drug-likeness (QED) is 0.654. The molecule has 0 aliphatic carbocycles. The molecule has 1 aliphatic rings.